The highest BCUT2D eigenvalue weighted by molar-refractivity contribution is 5.78. The molecule has 3 heteroatoms. The average Bonchev–Trinajstić information content (AvgIpc) is 2.72. The van der Waals surface area contributed by atoms with Gasteiger partial charge in [0.1, 0.15) is 11.5 Å². The van der Waals surface area contributed by atoms with E-state index in [1.54, 1.807) is 0 Å². The summed E-state index contributed by atoms with van der Waals surface area (Å²) in [5, 5.41) is 3.12. The van der Waals surface area contributed by atoms with Gasteiger partial charge < -0.3 is 10.1 Å². The molecule has 0 aliphatic carbocycles. The molecule has 1 unspecified atom stereocenters. The van der Waals surface area contributed by atoms with Crippen LogP contribution < -0.4 is 10.1 Å². The summed E-state index contributed by atoms with van der Waals surface area (Å²) < 4.78 is 5.81. The summed E-state index contributed by atoms with van der Waals surface area (Å²) in [5.41, 5.74) is 1.20. The molecule has 0 fully saturated rings. The number of carbonyl (C=O) groups excluding carboxylic acids is 1. The second-order valence-corrected chi connectivity index (χ2v) is 7.41. The largest absolute Gasteiger partial charge is 0.457 e. The molecule has 1 atom stereocenters. The zero-order valence-electron chi connectivity index (χ0n) is 17.5. The van der Waals surface area contributed by atoms with Gasteiger partial charge in [0.05, 0.1) is 0 Å². The molecule has 2 aromatic carbocycles. The number of nitrogens with one attached hydrogen (secondary N) is 1. The first-order valence-electron chi connectivity index (χ1n) is 10.8. The number of unbranched alkanes of at least 4 members (excludes halogenated alkanes) is 4. The molecule has 0 aliphatic rings. The maximum atomic E-state index is 12.4. The number of hydrogen-bond acceptors (Lipinski definition) is 2. The third-order valence-corrected chi connectivity index (χ3v) is 5.13. The van der Waals surface area contributed by atoms with Crippen LogP contribution in [-0.4, -0.2) is 12.5 Å². The molecule has 1 N–H and O–H groups in total. The van der Waals surface area contributed by atoms with Gasteiger partial charge in [-0.2, -0.15) is 0 Å². The Morgan fingerprint density at radius 1 is 0.893 bits per heavy atom. The van der Waals surface area contributed by atoms with E-state index in [-0.39, 0.29) is 11.8 Å². The lowest BCUT2D eigenvalue weighted by Gasteiger charge is -2.15. The third kappa shape index (κ3) is 8.16. The Bertz CT molecular complexity index is 667. The quantitative estimate of drug-likeness (QED) is 0.401. The van der Waals surface area contributed by atoms with Gasteiger partial charge in [-0.1, -0.05) is 76.3 Å². The number of ether oxygens (including phenoxy) is 1. The number of para-hydroxylation sites is 1. The maximum Gasteiger partial charge on any atom is 0.223 e. The van der Waals surface area contributed by atoms with Crippen molar-refractivity contribution in [2.75, 3.05) is 6.54 Å². The van der Waals surface area contributed by atoms with Crippen molar-refractivity contribution in [2.24, 2.45) is 5.92 Å². The average molecular weight is 382 g/mol. The Kier molecular flexibility index (Phi) is 10.2. The van der Waals surface area contributed by atoms with Crippen molar-refractivity contribution in [1.29, 1.82) is 0 Å². The van der Waals surface area contributed by atoms with Crippen LogP contribution in [0.5, 0.6) is 11.5 Å². The van der Waals surface area contributed by atoms with Crippen molar-refractivity contribution in [3.05, 3.63) is 60.2 Å². The van der Waals surface area contributed by atoms with Gasteiger partial charge >= 0.3 is 0 Å². The van der Waals surface area contributed by atoms with E-state index in [9.17, 15) is 4.79 Å². The van der Waals surface area contributed by atoms with E-state index in [2.05, 4.69) is 31.3 Å². The second-order valence-electron chi connectivity index (χ2n) is 7.41. The lowest BCUT2D eigenvalue weighted by molar-refractivity contribution is -0.125. The molecule has 0 aromatic heterocycles. The fourth-order valence-electron chi connectivity index (χ4n) is 3.34. The van der Waals surface area contributed by atoms with Crippen LogP contribution in [0.4, 0.5) is 0 Å². The first kappa shape index (κ1) is 22.0. The normalized spacial score (nSPS) is 11.8. The highest BCUT2D eigenvalue weighted by Gasteiger charge is 2.15. The van der Waals surface area contributed by atoms with E-state index in [4.69, 9.17) is 4.74 Å². The lowest BCUT2D eigenvalue weighted by Crippen LogP contribution is -2.32. The van der Waals surface area contributed by atoms with E-state index in [0.717, 1.165) is 37.2 Å². The van der Waals surface area contributed by atoms with E-state index < -0.39 is 0 Å². The molecule has 0 heterocycles. The van der Waals surface area contributed by atoms with Crippen LogP contribution in [-0.2, 0) is 11.2 Å². The van der Waals surface area contributed by atoms with Gasteiger partial charge in [0.2, 0.25) is 5.91 Å². The molecular weight excluding hydrogens is 346 g/mol. The topological polar surface area (TPSA) is 38.3 Å². The fraction of sp³-hybridized carbons (Fsp3) is 0.480. The third-order valence-electron chi connectivity index (χ3n) is 5.13. The highest BCUT2D eigenvalue weighted by atomic mass is 16.5. The molecule has 3 nitrogen and oxygen atoms in total. The van der Waals surface area contributed by atoms with E-state index >= 15 is 0 Å². The van der Waals surface area contributed by atoms with Gasteiger partial charge in [0.15, 0.2) is 0 Å². The van der Waals surface area contributed by atoms with Crippen molar-refractivity contribution >= 4 is 5.91 Å². The van der Waals surface area contributed by atoms with Crippen molar-refractivity contribution in [3.63, 3.8) is 0 Å². The van der Waals surface area contributed by atoms with Crippen LogP contribution in [0.1, 0.15) is 64.4 Å². The maximum absolute atomic E-state index is 12.4. The SMILES string of the molecule is CCCCCCCC(CC)C(=O)NCCc1ccc(Oc2ccccc2)cc1. The first-order valence-corrected chi connectivity index (χ1v) is 10.8. The van der Waals surface area contributed by atoms with Crippen molar-refractivity contribution in [1.82, 2.24) is 5.32 Å². The zero-order chi connectivity index (χ0) is 20.0. The number of rotatable bonds is 13. The van der Waals surface area contributed by atoms with Gasteiger partial charge in [0.25, 0.3) is 0 Å². The number of amides is 1. The van der Waals surface area contributed by atoms with Gasteiger partial charge in [-0.25, -0.2) is 0 Å². The number of benzene rings is 2. The molecule has 0 saturated heterocycles. The molecule has 0 aliphatic heterocycles. The van der Waals surface area contributed by atoms with Crippen molar-refractivity contribution in [3.8, 4) is 11.5 Å². The Labute approximate surface area is 170 Å². The zero-order valence-corrected chi connectivity index (χ0v) is 17.5. The molecule has 0 radical (unpaired) electrons. The molecule has 0 spiro atoms. The summed E-state index contributed by atoms with van der Waals surface area (Å²) in [4.78, 5) is 12.4. The molecule has 28 heavy (non-hydrogen) atoms. The van der Waals surface area contributed by atoms with Gasteiger partial charge in [-0.05, 0) is 49.1 Å². The summed E-state index contributed by atoms with van der Waals surface area (Å²) >= 11 is 0. The van der Waals surface area contributed by atoms with E-state index in [0.29, 0.717) is 6.54 Å². The summed E-state index contributed by atoms with van der Waals surface area (Å²) in [6.45, 7) is 5.03. The van der Waals surface area contributed by atoms with Crippen molar-refractivity contribution in [2.45, 2.75) is 65.2 Å². The Balaban J connectivity index is 1.69. The van der Waals surface area contributed by atoms with Gasteiger partial charge in [0, 0.05) is 12.5 Å². The summed E-state index contributed by atoms with van der Waals surface area (Å²) in [5.74, 6) is 2.03. The van der Waals surface area contributed by atoms with Crippen LogP contribution in [0.3, 0.4) is 0 Å². The van der Waals surface area contributed by atoms with Crippen molar-refractivity contribution < 1.29 is 9.53 Å². The van der Waals surface area contributed by atoms with Crippen LogP contribution in [0, 0.1) is 5.92 Å². The standard InChI is InChI=1S/C25H35NO2/c1-3-5-6-7-9-12-22(4-2)25(27)26-20-19-21-15-17-24(18-16-21)28-23-13-10-8-11-14-23/h8,10-11,13-18,22H,3-7,9,12,19-20H2,1-2H3,(H,26,27). The first-order chi connectivity index (χ1) is 13.7. The molecular formula is C25H35NO2. The lowest BCUT2D eigenvalue weighted by atomic mass is 9.97. The highest BCUT2D eigenvalue weighted by Crippen LogP contribution is 2.21. The van der Waals surface area contributed by atoms with Gasteiger partial charge in [-0.15, -0.1) is 0 Å². The van der Waals surface area contributed by atoms with Gasteiger partial charge in [-0.3, -0.25) is 4.79 Å². The molecule has 152 valence electrons. The van der Waals surface area contributed by atoms with Crippen LogP contribution in [0.15, 0.2) is 54.6 Å². The smallest absolute Gasteiger partial charge is 0.223 e. The molecule has 0 bridgehead atoms. The van der Waals surface area contributed by atoms with Crippen LogP contribution >= 0.6 is 0 Å². The molecule has 1 amide bonds. The summed E-state index contributed by atoms with van der Waals surface area (Å²) in [6.07, 6.45) is 9.03. The molecule has 2 aromatic rings. The second kappa shape index (κ2) is 13.0. The molecule has 2 rings (SSSR count). The predicted molar refractivity (Wildman–Crippen MR) is 117 cm³/mol. The Hall–Kier alpha value is -2.29. The van der Waals surface area contributed by atoms with Crippen LogP contribution in [0.2, 0.25) is 0 Å². The Morgan fingerprint density at radius 3 is 2.25 bits per heavy atom. The minimum Gasteiger partial charge on any atom is -0.457 e. The predicted octanol–water partition coefficient (Wildman–Crippen LogP) is 6.52. The summed E-state index contributed by atoms with van der Waals surface area (Å²) in [7, 11) is 0. The Morgan fingerprint density at radius 2 is 1.57 bits per heavy atom. The minimum atomic E-state index is 0.156. The monoisotopic (exact) mass is 381 g/mol. The summed E-state index contributed by atoms with van der Waals surface area (Å²) in [6, 6.07) is 17.9. The van der Waals surface area contributed by atoms with E-state index in [1.807, 2.05) is 42.5 Å². The van der Waals surface area contributed by atoms with E-state index in [1.165, 1.54) is 31.2 Å². The minimum absolute atomic E-state index is 0.156. The number of hydrogen-bond donors (Lipinski definition) is 1. The fourth-order valence-corrected chi connectivity index (χ4v) is 3.34. The van der Waals surface area contributed by atoms with Crippen LogP contribution in [0.25, 0.3) is 0 Å². The molecule has 0 saturated carbocycles. The number of carbonyl (C=O) groups is 1.